The lowest BCUT2D eigenvalue weighted by Gasteiger charge is -2.16. The molecule has 0 aliphatic heterocycles. The number of carbonyl (C=O) groups excluding carboxylic acids is 3. The van der Waals surface area contributed by atoms with Crippen molar-refractivity contribution >= 4 is 17.8 Å². The molecule has 0 spiro atoms. The average molecular weight is 303 g/mol. The Morgan fingerprint density at radius 1 is 1.41 bits per heavy atom. The fourth-order valence-corrected chi connectivity index (χ4v) is 1.76. The van der Waals surface area contributed by atoms with Crippen LogP contribution in [-0.4, -0.2) is 23.8 Å². The van der Waals surface area contributed by atoms with Gasteiger partial charge in [-0.15, -0.1) is 0 Å². The highest BCUT2D eigenvalue weighted by molar-refractivity contribution is 5.97. The summed E-state index contributed by atoms with van der Waals surface area (Å²) in [7, 11) is 0. The van der Waals surface area contributed by atoms with Crippen LogP contribution in [0.4, 0.5) is 0 Å². The Morgan fingerprint density at radius 3 is 2.64 bits per heavy atom. The Bertz CT molecular complexity index is 621. The van der Waals surface area contributed by atoms with Crippen molar-refractivity contribution in [2.45, 2.75) is 26.3 Å². The molecule has 0 unspecified atom stereocenters. The Hall–Kier alpha value is -2.88. The maximum atomic E-state index is 12.1. The summed E-state index contributed by atoms with van der Waals surface area (Å²) in [5.74, 6) is -1.96. The topological polar surface area (TPSA) is 122 Å². The molecule has 0 aliphatic rings. The summed E-state index contributed by atoms with van der Waals surface area (Å²) in [6.07, 6.45) is 0.126. The Balaban J connectivity index is 2.84. The number of nitrogens with one attached hydrogen (secondary N) is 1. The summed E-state index contributed by atoms with van der Waals surface area (Å²) >= 11 is 0. The van der Waals surface area contributed by atoms with Crippen LogP contribution in [0.1, 0.15) is 30.6 Å². The third-order valence-corrected chi connectivity index (χ3v) is 2.82. The van der Waals surface area contributed by atoms with E-state index >= 15 is 0 Å². The second kappa shape index (κ2) is 7.78. The molecule has 0 fully saturated rings. The van der Waals surface area contributed by atoms with Crippen LogP contribution in [0.3, 0.4) is 0 Å². The Kier molecular flexibility index (Phi) is 6.08. The maximum absolute atomic E-state index is 12.1. The van der Waals surface area contributed by atoms with Gasteiger partial charge < -0.3 is 15.8 Å². The first-order valence-corrected chi connectivity index (χ1v) is 6.61. The smallest absolute Gasteiger partial charge is 0.308 e. The number of esters is 1. The molecule has 0 radical (unpaired) electrons. The van der Waals surface area contributed by atoms with Crippen molar-refractivity contribution in [3.05, 3.63) is 29.8 Å². The highest BCUT2D eigenvalue weighted by atomic mass is 16.5. The van der Waals surface area contributed by atoms with Crippen LogP contribution in [0, 0.1) is 17.2 Å². The van der Waals surface area contributed by atoms with Gasteiger partial charge in [0.25, 0.3) is 5.91 Å². The summed E-state index contributed by atoms with van der Waals surface area (Å²) in [6.45, 7) is 2.88. The molecule has 1 aromatic carbocycles. The summed E-state index contributed by atoms with van der Waals surface area (Å²) in [4.78, 5) is 34.4. The highest BCUT2D eigenvalue weighted by Crippen LogP contribution is 2.14. The molecule has 0 heterocycles. The normalized spacial score (nSPS) is 12.6. The molecule has 0 saturated carbocycles. The fourth-order valence-electron chi connectivity index (χ4n) is 1.76. The van der Waals surface area contributed by atoms with Crippen molar-refractivity contribution in [3.8, 4) is 11.8 Å². The number of nitrogens with zero attached hydrogens (tertiary/aromatic N) is 1. The van der Waals surface area contributed by atoms with Crippen LogP contribution in [-0.2, 0) is 9.59 Å². The molecule has 2 atom stereocenters. The van der Waals surface area contributed by atoms with E-state index in [0.29, 0.717) is 0 Å². The van der Waals surface area contributed by atoms with Gasteiger partial charge in [0, 0.05) is 18.4 Å². The van der Waals surface area contributed by atoms with Crippen LogP contribution in [0.15, 0.2) is 24.3 Å². The van der Waals surface area contributed by atoms with Gasteiger partial charge in [0.2, 0.25) is 5.91 Å². The van der Waals surface area contributed by atoms with E-state index in [9.17, 15) is 14.4 Å². The van der Waals surface area contributed by atoms with Gasteiger partial charge in [-0.25, -0.2) is 0 Å². The van der Waals surface area contributed by atoms with E-state index in [1.165, 1.54) is 25.1 Å². The molecule has 0 aromatic heterocycles. The number of nitriles is 1. The lowest BCUT2D eigenvalue weighted by atomic mass is 10.0. The monoisotopic (exact) mass is 303 g/mol. The molecule has 0 aliphatic carbocycles. The average Bonchev–Trinajstić information content (AvgIpc) is 2.45. The first-order valence-electron chi connectivity index (χ1n) is 6.61. The third kappa shape index (κ3) is 5.25. The van der Waals surface area contributed by atoms with Gasteiger partial charge in [-0.3, -0.25) is 14.4 Å². The van der Waals surface area contributed by atoms with E-state index in [4.69, 9.17) is 15.7 Å². The third-order valence-electron chi connectivity index (χ3n) is 2.82. The number of primary amides is 1. The molecule has 1 aromatic rings. The Labute approximate surface area is 128 Å². The standard InChI is InChI=1S/C15H17N3O4/c1-9(8-16)6-13(14(17)20)18-15(21)11-4-3-5-12(7-11)22-10(2)19/h3-5,7,9,13H,6H2,1-2H3,(H2,17,20)(H,18,21)/t9-,13-/m0/s1. The quantitative estimate of drug-likeness (QED) is 0.593. The SMILES string of the molecule is CC(=O)Oc1cccc(C(=O)N[C@@H](C[C@H](C)C#N)C(N)=O)c1. The van der Waals surface area contributed by atoms with Gasteiger partial charge in [-0.1, -0.05) is 6.07 Å². The van der Waals surface area contributed by atoms with Crippen molar-refractivity contribution in [2.24, 2.45) is 11.7 Å². The van der Waals surface area contributed by atoms with Gasteiger partial charge in [0.1, 0.15) is 11.8 Å². The van der Waals surface area contributed by atoms with Crippen molar-refractivity contribution in [3.63, 3.8) is 0 Å². The first-order chi connectivity index (χ1) is 10.3. The number of benzene rings is 1. The minimum absolute atomic E-state index is 0.126. The lowest BCUT2D eigenvalue weighted by molar-refractivity contribution is -0.131. The number of rotatable bonds is 6. The van der Waals surface area contributed by atoms with Crippen molar-refractivity contribution < 1.29 is 19.1 Å². The molecule has 1 rings (SSSR count). The van der Waals surface area contributed by atoms with Crippen molar-refractivity contribution in [1.82, 2.24) is 5.32 Å². The molecule has 22 heavy (non-hydrogen) atoms. The summed E-state index contributed by atoms with van der Waals surface area (Å²) in [5, 5.41) is 11.2. The van der Waals surface area contributed by atoms with Crippen LogP contribution in [0.5, 0.6) is 5.75 Å². The van der Waals surface area contributed by atoms with E-state index < -0.39 is 29.7 Å². The summed E-state index contributed by atoms with van der Waals surface area (Å²) in [5.41, 5.74) is 5.45. The molecule has 7 nitrogen and oxygen atoms in total. The second-order valence-corrected chi connectivity index (χ2v) is 4.82. The minimum atomic E-state index is -0.945. The molecule has 0 bridgehead atoms. The van der Waals surface area contributed by atoms with E-state index in [2.05, 4.69) is 5.32 Å². The summed E-state index contributed by atoms with van der Waals surface area (Å²) < 4.78 is 4.89. The van der Waals surface area contributed by atoms with E-state index in [1.54, 1.807) is 13.0 Å². The predicted octanol–water partition coefficient (Wildman–Crippen LogP) is 0.745. The lowest BCUT2D eigenvalue weighted by Crippen LogP contribution is -2.45. The van der Waals surface area contributed by atoms with E-state index in [-0.39, 0.29) is 17.7 Å². The van der Waals surface area contributed by atoms with Gasteiger partial charge in [-0.2, -0.15) is 5.26 Å². The maximum Gasteiger partial charge on any atom is 0.308 e. The van der Waals surface area contributed by atoms with Crippen LogP contribution < -0.4 is 15.8 Å². The van der Waals surface area contributed by atoms with Crippen molar-refractivity contribution in [1.29, 1.82) is 5.26 Å². The minimum Gasteiger partial charge on any atom is -0.427 e. The zero-order valence-electron chi connectivity index (χ0n) is 12.3. The zero-order valence-corrected chi connectivity index (χ0v) is 12.3. The Morgan fingerprint density at radius 2 is 2.09 bits per heavy atom. The molecular formula is C15H17N3O4. The largest absolute Gasteiger partial charge is 0.427 e. The molecule has 0 saturated heterocycles. The fraction of sp³-hybridized carbons (Fsp3) is 0.333. The number of nitrogens with two attached hydrogens (primary N) is 1. The van der Waals surface area contributed by atoms with Gasteiger partial charge >= 0.3 is 5.97 Å². The molecule has 7 heteroatoms. The molecule has 3 N–H and O–H groups in total. The molecule has 116 valence electrons. The van der Waals surface area contributed by atoms with Gasteiger partial charge in [-0.05, 0) is 31.5 Å². The van der Waals surface area contributed by atoms with Crippen LogP contribution >= 0.6 is 0 Å². The molecule has 2 amide bonds. The van der Waals surface area contributed by atoms with Gasteiger partial charge in [0.15, 0.2) is 0 Å². The zero-order chi connectivity index (χ0) is 16.7. The number of hydrogen-bond donors (Lipinski definition) is 2. The van der Waals surface area contributed by atoms with Gasteiger partial charge in [0.05, 0.1) is 6.07 Å². The summed E-state index contributed by atoms with van der Waals surface area (Å²) in [6, 6.07) is 6.99. The van der Waals surface area contributed by atoms with Crippen molar-refractivity contribution in [2.75, 3.05) is 0 Å². The molecular weight excluding hydrogens is 286 g/mol. The number of amides is 2. The number of carbonyl (C=O) groups is 3. The second-order valence-electron chi connectivity index (χ2n) is 4.82. The number of hydrogen-bond acceptors (Lipinski definition) is 5. The van der Waals surface area contributed by atoms with E-state index in [0.717, 1.165) is 0 Å². The van der Waals surface area contributed by atoms with E-state index in [1.807, 2.05) is 6.07 Å². The highest BCUT2D eigenvalue weighted by Gasteiger charge is 2.21. The predicted molar refractivity (Wildman–Crippen MR) is 77.6 cm³/mol. The van der Waals surface area contributed by atoms with Crippen LogP contribution in [0.2, 0.25) is 0 Å². The number of ether oxygens (including phenoxy) is 1. The van der Waals surface area contributed by atoms with Crippen LogP contribution in [0.25, 0.3) is 0 Å². The first kappa shape index (κ1) is 17.2.